The highest BCUT2D eigenvalue weighted by molar-refractivity contribution is 5.86. The maximum absolute atomic E-state index is 10.7. The molecule has 0 aliphatic carbocycles. The van der Waals surface area contributed by atoms with E-state index < -0.39 is 0 Å². The van der Waals surface area contributed by atoms with Crippen molar-refractivity contribution in [1.82, 2.24) is 5.06 Å². The standard InChI is InChI=1S/C6H8N2O2/c1-8(10-2)6(9)4-3-5-7/h3-4H,1-2H3/b4-3+. The van der Waals surface area contributed by atoms with E-state index in [2.05, 4.69) is 4.84 Å². The van der Waals surface area contributed by atoms with E-state index >= 15 is 0 Å². The number of allylic oxidation sites excluding steroid dienone is 1. The molecule has 4 nitrogen and oxygen atoms in total. The minimum absolute atomic E-state index is 0.357. The second kappa shape index (κ2) is 4.53. The Hall–Kier alpha value is -1.34. The van der Waals surface area contributed by atoms with Gasteiger partial charge in [0.1, 0.15) is 0 Å². The fourth-order valence-corrected chi connectivity index (χ4v) is 0.303. The van der Waals surface area contributed by atoms with Crippen LogP contribution >= 0.6 is 0 Å². The smallest absolute Gasteiger partial charge is 0.270 e. The van der Waals surface area contributed by atoms with Gasteiger partial charge in [-0.2, -0.15) is 5.26 Å². The van der Waals surface area contributed by atoms with Crippen molar-refractivity contribution >= 4 is 5.91 Å². The molecule has 54 valence electrons. The molecule has 0 rings (SSSR count). The number of amides is 1. The summed E-state index contributed by atoms with van der Waals surface area (Å²) in [6.45, 7) is 0. The summed E-state index contributed by atoms with van der Waals surface area (Å²) in [5, 5.41) is 9.04. The average molecular weight is 140 g/mol. The van der Waals surface area contributed by atoms with E-state index in [9.17, 15) is 4.79 Å². The topological polar surface area (TPSA) is 53.3 Å². The number of carbonyl (C=O) groups excluding carboxylic acids is 1. The van der Waals surface area contributed by atoms with Crippen molar-refractivity contribution in [2.45, 2.75) is 0 Å². The Morgan fingerprint density at radius 1 is 1.80 bits per heavy atom. The van der Waals surface area contributed by atoms with Crippen molar-refractivity contribution in [3.8, 4) is 6.07 Å². The lowest BCUT2D eigenvalue weighted by Gasteiger charge is -2.09. The van der Waals surface area contributed by atoms with Gasteiger partial charge < -0.3 is 0 Å². The van der Waals surface area contributed by atoms with Crippen LogP contribution in [0.25, 0.3) is 0 Å². The Labute approximate surface area is 59.3 Å². The minimum Gasteiger partial charge on any atom is -0.274 e. The molecule has 4 heteroatoms. The van der Waals surface area contributed by atoms with Crippen molar-refractivity contribution in [3.63, 3.8) is 0 Å². The predicted molar refractivity (Wildman–Crippen MR) is 34.5 cm³/mol. The highest BCUT2D eigenvalue weighted by atomic mass is 16.7. The minimum atomic E-state index is -0.357. The Morgan fingerprint density at radius 3 is 2.80 bits per heavy atom. The Balaban J connectivity index is 3.87. The molecule has 0 aromatic rings. The molecule has 0 unspecified atom stereocenters. The van der Waals surface area contributed by atoms with Crippen LogP contribution in [0.2, 0.25) is 0 Å². The molecule has 0 aliphatic heterocycles. The average Bonchev–Trinajstić information content (AvgIpc) is 1.98. The molecule has 0 aromatic heterocycles. The van der Waals surface area contributed by atoms with Crippen LogP contribution in [0.5, 0.6) is 0 Å². The number of rotatable bonds is 2. The third kappa shape index (κ3) is 2.84. The van der Waals surface area contributed by atoms with Gasteiger partial charge in [-0.1, -0.05) is 0 Å². The number of hydrogen-bond acceptors (Lipinski definition) is 3. The Morgan fingerprint density at radius 2 is 2.40 bits per heavy atom. The van der Waals surface area contributed by atoms with Gasteiger partial charge >= 0.3 is 0 Å². The van der Waals surface area contributed by atoms with Crippen molar-refractivity contribution in [3.05, 3.63) is 12.2 Å². The van der Waals surface area contributed by atoms with Gasteiger partial charge in [-0.3, -0.25) is 9.63 Å². The molecule has 0 saturated carbocycles. The lowest BCUT2D eigenvalue weighted by molar-refractivity contribution is -0.162. The summed E-state index contributed by atoms with van der Waals surface area (Å²) in [6.07, 6.45) is 2.22. The molecule has 10 heavy (non-hydrogen) atoms. The van der Waals surface area contributed by atoms with Gasteiger partial charge in [0.05, 0.1) is 13.2 Å². The van der Waals surface area contributed by atoms with Crippen LogP contribution < -0.4 is 0 Å². The molecule has 0 fully saturated rings. The van der Waals surface area contributed by atoms with Gasteiger partial charge in [0, 0.05) is 19.2 Å². The van der Waals surface area contributed by atoms with Crippen molar-refractivity contribution < 1.29 is 9.63 Å². The van der Waals surface area contributed by atoms with Crippen LogP contribution in [-0.4, -0.2) is 25.1 Å². The first-order valence-electron chi connectivity index (χ1n) is 2.60. The number of hydrogen-bond donors (Lipinski definition) is 0. The first-order valence-corrected chi connectivity index (χ1v) is 2.60. The van der Waals surface area contributed by atoms with E-state index in [-0.39, 0.29) is 5.91 Å². The summed E-state index contributed by atoms with van der Waals surface area (Å²) in [5.41, 5.74) is 0. The van der Waals surface area contributed by atoms with Crippen LogP contribution in [0.15, 0.2) is 12.2 Å². The maximum Gasteiger partial charge on any atom is 0.270 e. The molecule has 0 heterocycles. The van der Waals surface area contributed by atoms with Crippen LogP contribution in [0.4, 0.5) is 0 Å². The molecular formula is C6H8N2O2. The van der Waals surface area contributed by atoms with E-state index in [1.807, 2.05) is 0 Å². The van der Waals surface area contributed by atoms with E-state index in [0.29, 0.717) is 0 Å². The Bertz CT molecular complexity index is 181. The van der Waals surface area contributed by atoms with Crippen molar-refractivity contribution in [2.75, 3.05) is 14.2 Å². The Kier molecular flexibility index (Phi) is 3.92. The van der Waals surface area contributed by atoms with E-state index in [1.54, 1.807) is 6.07 Å². The molecule has 0 N–H and O–H groups in total. The fourth-order valence-electron chi connectivity index (χ4n) is 0.303. The van der Waals surface area contributed by atoms with Gasteiger partial charge in [-0.25, -0.2) is 5.06 Å². The summed E-state index contributed by atoms with van der Waals surface area (Å²) in [4.78, 5) is 15.2. The molecule has 0 radical (unpaired) electrons. The maximum atomic E-state index is 10.7. The fraction of sp³-hybridized carbons (Fsp3) is 0.333. The van der Waals surface area contributed by atoms with Crippen molar-refractivity contribution in [2.24, 2.45) is 0 Å². The quantitative estimate of drug-likeness (QED) is 0.310. The van der Waals surface area contributed by atoms with Crippen LogP contribution in [0.1, 0.15) is 0 Å². The lowest BCUT2D eigenvalue weighted by atomic mass is 10.5. The predicted octanol–water partition coefficient (Wildman–Crippen LogP) is 0.0860. The zero-order valence-electron chi connectivity index (χ0n) is 5.87. The lowest BCUT2D eigenvalue weighted by Crippen LogP contribution is -2.22. The van der Waals surface area contributed by atoms with Gasteiger partial charge in [0.25, 0.3) is 5.91 Å². The number of nitrogens with zero attached hydrogens (tertiary/aromatic N) is 2. The molecule has 0 spiro atoms. The highest BCUT2D eigenvalue weighted by Crippen LogP contribution is 1.84. The molecule has 0 atom stereocenters. The van der Waals surface area contributed by atoms with Crippen molar-refractivity contribution in [1.29, 1.82) is 5.26 Å². The van der Waals surface area contributed by atoms with Gasteiger partial charge in [0.15, 0.2) is 0 Å². The number of likely N-dealkylation sites (N-methyl/N-ethyl adjacent to an activating group) is 1. The van der Waals surface area contributed by atoms with E-state index in [4.69, 9.17) is 5.26 Å². The second-order valence-corrected chi connectivity index (χ2v) is 1.48. The number of nitriles is 1. The number of carbonyl (C=O) groups is 1. The first kappa shape index (κ1) is 8.66. The summed E-state index contributed by atoms with van der Waals surface area (Å²) < 4.78 is 0. The van der Waals surface area contributed by atoms with E-state index in [1.165, 1.54) is 14.2 Å². The molecule has 0 aliphatic rings. The zero-order valence-corrected chi connectivity index (χ0v) is 5.87. The zero-order chi connectivity index (χ0) is 7.98. The monoisotopic (exact) mass is 140 g/mol. The largest absolute Gasteiger partial charge is 0.274 e. The third-order valence-corrected chi connectivity index (χ3v) is 0.885. The van der Waals surface area contributed by atoms with Gasteiger partial charge in [-0.05, 0) is 0 Å². The van der Waals surface area contributed by atoms with Crippen LogP contribution in [-0.2, 0) is 9.63 Å². The highest BCUT2D eigenvalue weighted by Gasteiger charge is 2.00. The molecule has 0 saturated heterocycles. The first-order chi connectivity index (χ1) is 4.72. The summed E-state index contributed by atoms with van der Waals surface area (Å²) in [5.74, 6) is -0.357. The van der Waals surface area contributed by atoms with E-state index in [0.717, 1.165) is 17.2 Å². The van der Waals surface area contributed by atoms with Gasteiger partial charge in [-0.15, -0.1) is 0 Å². The summed E-state index contributed by atoms with van der Waals surface area (Å²) in [6, 6.07) is 1.69. The van der Waals surface area contributed by atoms with Crippen LogP contribution in [0.3, 0.4) is 0 Å². The van der Waals surface area contributed by atoms with Gasteiger partial charge in [0.2, 0.25) is 0 Å². The van der Waals surface area contributed by atoms with Crippen LogP contribution in [0, 0.1) is 11.3 Å². The molecular weight excluding hydrogens is 132 g/mol. The molecule has 1 amide bonds. The second-order valence-electron chi connectivity index (χ2n) is 1.48. The molecule has 0 bridgehead atoms. The summed E-state index contributed by atoms with van der Waals surface area (Å²) >= 11 is 0. The SMILES string of the molecule is CON(C)C(=O)/C=C/C#N. The number of hydroxylamine groups is 2. The molecule has 0 aromatic carbocycles. The normalized spacial score (nSPS) is 9.30. The summed E-state index contributed by atoms with van der Waals surface area (Å²) in [7, 11) is 2.84. The third-order valence-electron chi connectivity index (χ3n) is 0.885.